The predicted octanol–water partition coefficient (Wildman–Crippen LogP) is 2.33. The van der Waals surface area contributed by atoms with Crippen molar-refractivity contribution in [2.45, 2.75) is 13.8 Å². The monoisotopic (exact) mass is 275 g/mol. The van der Waals surface area contributed by atoms with Gasteiger partial charge in [-0.3, -0.25) is 0 Å². The van der Waals surface area contributed by atoms with Crippen LogP contribution in [0.25, 0.3) is 0 Å². The van der Waals surface area contributed by atoms with Crippen molar-refractivity contribution < 1.29 is 0 Å². The van der Waals surface area contributed by atoms with Crippen LogP contribution in [-0.4, -0.2) is 26.3 Å². The molecule has 0 aliphatic rings. The Morgan fingerprint density at radius 2 is 2.00 bits per heavy atom. The molecular weight excluding hydrogens is 257 g/mol. The summed E-state index contributed by atoms with van der Waals surface area (Å²) < 4.78 is 2.35. The van der Waals surface area contributed by atoms with Gasteiger partial charge >= 0.3 is 71.0 Å². The number of hydrogen-bond acceptors (Lipinski definition) is 2. The second-order valence-corrected chi connectivity index (χ2v) is 17.8. The van der Waals surface area contributed by atoms with Gasteiger partial charge in [-0.15, -0.1) is 0 Å². The maximum absolute atomic E-state index is 3.31. The van der Waals surface area contributed by atoms with E-state index in [0.29, 0.717) is 0 Å². The summed E-state index contributed by atoms with van der Waals surface area (Å²) in [6.45, 7) is 5.44. The SMILES string of the molecule is CCNC=I(C)(C)SCC. The van der Waals surface area contributed by atoms with Gasteiger partial charge in [0.2, 0.25) is 0 Å². The van der Waals surface area contributed by atoms with Crippen LogP contribution in [0.3, 0.4) is 0 Å². The summed E-state index contributed by atoms with van der Waals surface area (Å²) in [7, 11) is 2.14. The Bertz CT molecular complexity index is 128. The second kappa shape index (κ2) is 5.55. The summed E-state index contributed by atoms with van der Waals surface area (Å²) in [6.07, 6.45) is 0. The van der Waals surface area contributed by atoms with Crippen molar-refractivity contribution in [1.82, 2.24) is 5.32 Å². The van der Waals surface area contributed by atoms with Crippen molar-refractivity contribution in [3.05, 3.63) is 0 Å². The first-order chi connectivity index (χ1) is 4.62. The standard InChI is InChI=1S/C7H18INS/c1-5-9-7-8(3,4)10-6-2/h7,9H,5-6H2,1-4H3. The third-order valence-corrected chi connectivity index (χ3v) is 10.9. The third kappa shape index (κ3) is 5.68. The minimum atomic E-state index is -1.44. The molecule has 0 unspecified atom stereocenters. The molecular formula is C7H18INS. The predicted molar refractivity (Wildman–Crippen MR) is 63.7 cm³/mol. The Balaban J connectivity index is 3.81. The fourth-order valence-electron chi connectivity index (χ4n) is 0.576. The molecule has 0 aromatic heterocycles. The number of alkyl halides is 2. The van der Waals surface area contributed by atoms with Crippen molar-refractivity contribution >= 4 is 29.6 Å². The Morgan fingerprint density at radius 3 is 2.40 bits per heavy atom. The van der Waals surface area contributed by atoms with E-state index < -0.39 is 16.6 Å². The van der Waals surface area contributed by atoms with Gasteiger partial charge in [-0.2, -0.15) is 0 Å². The Labute approximate surface area is 70.8 Å². The molecule has 0 amide bonds. The molecule has 0 rings (SSSR count). The first kappa shape index (κ1) is 10.9. The average Bonchev–Trinajstić information content (AvgIpc) is 1.84. The zero-order valence-corrected chi connectivity index (χ0v) is 10.3. The van der Waals surface area contributed by atoms with Crippen LogP contribution in [0.2, 0.25) is 0 Å². The summed E-state index contributed by atoms with van der Waals surface area (Å²) in [5, 5.41) is 3.31. The first-order valence-electron chi connectivity index (χ1n) is 3.47. The Hall–Kier alpha value is 0.910. The van der Waals surface area contributed by atoms with Crippen LogP contribution in [0, 0.1) is 0 Å². The summed E-state index contributed by atoms with van der Waals surface area (Å²) in [5.41, 5.74) is 0. The number of hydrogen-bond donors (Lipinski definition) is 1. The molecule has 0 radical (unpaired) electrons. The van der Waals surface area contributed by atoms with E-state index in [1.807, 2.05) is 0 Å². The van der Waals surface area contributed by atoms with Gasteiger partial charge in [0, 0.05) is 0 Å². The van der Waals surface area contributed by atoms with E-state index in [1.165, 1.54) is 5.75 Å². The zero-order chi connectivity index (χ0) is 8.04. The summed E-state index contributed by atoms with van der Waals surface area (Å²) >= 11 is -1.44. The molecule has 0 atom stereocenters. The van der Waals surface area contributed by atoms with Crippen LogP contribution < -0.4 is 5.32 Å². The fraction of sp³-hybridized carbons (Fsp3) is 0.857. The van der Waals surface area contributed by atoms with E-state index in [9.17, 15) is 0 Å². The van der Waals surface area contributed by atoms with Crippen LogP contribution in [-0.2, 0) is 0 Å². The molecule has 0 spiro atoms. The number of nitrogens with one attached hydrogen (secondary N) is 1. The second-order valence-electron chi connectivity index (χ2n) is 2.28. The molecule has 0 saturated carbocycles. The van der Waals surface area contributed by atoms with Crippen molar-refractivity contribution in [2.75, 3.05) is 22.2 Å². The van der Waals surface area contributed by atoms with Gasteiger partial charge in [-0.05, 0) is 0 Å². The quantitative estimate of drug-likeness (QED) is 0.624. The summed E-state index contributed by atoms with van der Waals surface area (Å²) in [6, 6.07) is 0. The van der Waals surface area contributed by atoms with E-state index in [2.05, 4.69) is 42.1 Å². The molecule has 1 N–H and O–H groups in total. The molecule has 10 heavy (non-hydrogen) atoms. The number of rotatable bonds is 4. The summed E-state index contributed by atoms with van der Waals surface area (Å²) in [4.78, 5) is 4.81. The van der Waals surface area contributed by atoms with Gasteiger partial charge in [-0.1, -0.05) is 0 Å². The van der Waals surface area contributed by atoms with Crippen molar-refractivity contribution in [3.63, 3.8) is 0 Å². The molecule has 0 saturated heterocycles. The molecule has 0 aromatic rings. The van der Waals surface area contributed by atoms with Crippen molar-refractivity contribution in [2.24, 2.45) is 0 Å². The molecule has 64 valence electrons. The topological polar surface area (TPSA) is 12.0 Å². The van der Waals surface area contributed by atoms with Crippen LogP contribution >= 0.6 is 25.5 Å². The van der Waals surface area contributed by atoms with Crippen LogP contribution in [0.5, 0.6) is 0 Å². The van der Waals surface area contributed by atoms with Gasteiger partial charge in [-0.25, -0.2) is 0 Å². The average molecular weight is 275 g/mol. The summed E-state index contributed by atoms with van der Waals surface area (Å²) in [5.74, 6) is 1.26. The van der Waals surface area contributed by atoms with Gasteiger partial charge in [0.1, 0.15) is 0 Å². The van der Waals surface area contributed by atoms with Crippen LogP contribution in [0.15, 0.2) is 0 Å². The molecule has 1 nitrogen and oxygen atoms in total. The molecule has 0 aliphatic heterocycles. The Morgan fingerprint density at radius 1 is 1.40 bits per heavy atom. The molecule has 0 fully saturated rings. The van der Waals surface area contributed by atoms with Crippen molar-refractivity contribution in [3.8, 4) is 0 Å². The van der Waals surface area contributed by atoms with Gasteiger partial charge in [0.25, 0.3) is 0 Å². The van der Waals surface area contributed by atoms with Crippen LogP contribution in [0.1, 0.15) is 13.8 Å². The Kier molecular flexibility index (Phi) is 6.05. The van der Waals surface area contributed by atoms with Gasteiger partial charge in [0.05, 0.1) is 0 Å². The normalized spacial score (nSPS) is 13.2. The third-order valence-electron chi connectivity index (χ3n) is 0.934. The molecule has 3 heteroatoms. The maximum atomic E-state index is 3.31. The van der Waals surface area contributed by atoms with E-state index in [-0.39, 0.29) is 0 Å². The zero-order valence-electron chi connectivity index (χ0n) is 7.28. The van der Waals surface area contributed by atoms with Crippen molar-refractivity contribution in [1.29, 1.82) is 0 Å². The molecule has 0 heterocycles. The molecule has 0 aromatic carbocycles. The van der Waals surface area contributed by atoms with E-state index in [4.69, 9.17) is 0 Å². The first-order valence-corrected chi connectivity index (χ1v) is 12.6. The van der Waals surface area contributed by atoms with Crippen LogP contribution in [0.4, 0.5) is 0 Å². The van der Waals surface area contributed by atoms with E-state index in [1.54, 1.807) is 0 Å². The molecule has 0 aliphatic carbocycles. The number of halogens is 1. The molecule has 0 bridgehead atoms. The van der Waals surface area contributed by atoms with E-state index >= 15 is 0 Å². The van der Waals surface area contributed by atoms with E-state index in [0.717, 1.165) is 6.54 Å². The van der Waals surface area contributed by atoms with Gasteiger partial charge < -0.3 is 0 Å². The van der Waals surface area contributed by atoms with Gasteiger partial charge in [0.15, 0.2) is 0 Å². The minimum absolute atomic E-state index is 1.07. The fourth-order valence-corrected chi connectivity index (χ4v) is 8.48.